The molecule has 2 aromatic rings. The van der Waals surface area contributed by atoms with E-state index < -0.39 is 0 Å². The minimum Gasteiger partial charge on any atom is -0.347 e. The molecule has 5 nitrogen and oxygen atoms in total. The van der Waals surface area contributed by atoms with Gasteiger partial charge in [-0.15, -0.1) is 0 Å². The van der Waals surface area contributed by atoms with E-state index in [1.165, 1.54) is 0 Å². The molecule has 3 rings (SSSR count). The molecule has 0 radical (unpaired) electrons. The van der Waals surface area contributed by atoms with Crippen LogP contribution in [0.4, 0.5) is 16.2 Å². The largest absolute Gasteiger partial charge is 0.347 e. The van der Waals surface area contributed by atoms with Crippen LogP contribution in [0.1, 0.15) is 42.3 Å². The smallest absolute Gasteiger partial charge is 0.326 e. The van der Waals surface area contributed by atoms with E-state index in [1.807, 2.05) is 70.2 Å². The van der Waals surface area contributed by atoms with Crippen LogP contribution in [0.15, 0.2) is 42.5 Å². The Morgan fingerprint density at radius 2 is 1.81 bits per heavy atom. The fraction of sp³-hybridized carbons (Fsp3) is 0.333. The number of nitrogens with one attached hydrogen (secondary N) is 2. The van der Waals surface area contributed by atoms with Gasteiger partial charge in [0.2, 0.25) is 0 Å². The Kier molecular flexibility index (Phi) is 4.72. The average molecular weight is 351 g/mol. The summed E-state index contributed by atoms with van der Waals surface area (Å²) in [6.45, 7) is 8.41. The van der Waals surface area contributed by atoms with Gasteiger partial charge in [-0.25, -0.2) is 4.79 Å². The summed E-state index contributed by atoms with van der Waals surface area (Å²) in [5.41, 5.74) is 3.92. The monoisotopic (exact) mass is 351 g/mol. The van der Waals surface area contributed by atoms with Gasteiger partial charge in [0.05, 0.1) is 0 Å². The van der Waals surface area contributed by atoms with E-state index in [2.05, 4.69) is 10.6 Å². The Labute approximate surface area is 154 Å². The van der Waals surface area contributed by atoms with Crippen LogP contribution in [-0.4, -0.2) is 24.0 Å². The van der Waals surface area contributed by atoms with Gasteiger partial charge in [-0.05, 0) is 69.5 Å². The number of nitrogens with zero attached hydrogens (tertiary/aromatic N) is 1. The van der Waals surface area contributed by atoms with Crippen molar-refractivity contribution in [1.82, 2.24) is 5.32 Å². The zero-order valence-electron chi connectivity index (χ0n) is 15.7. The van der Waals surface area contributed by atoms with Crippen LogP contribution >= 0.6 is 0 Å². The summed E-state index contributed by atoms with van der Waals surface area (Å²) >= 11 is 0. The number of urea groups is 1. The number of anilines is 2. The molecule has 136 valence electrons. The molecule has 0 aliphatic carbocycles. The lowest BCUT2D eigenvalue weighted by Gasteiger charge is -2.22. The van der Waals surface area contributed by atoms with Crippen LogP contribution in [-0.2, 0) is 6.42 Å². The van der Waals surface area contributed by atoms with Crippen molar-refractivity contribution in [2.45, 2.75) is 39.7 Å². The number of carbonyl (C=O) groups excluding carboxylic acids is 2. The lowest BCUT2D eigenvalue weighted by molar-refractivity contribution is 0.0918. The highest BCUT2D eigenvalue weighted by atomic mass is 16.2. The highest BCUT2D eigenvalue weighted by molar-refractivity contribution is 6.05. The number of rotatable bonds is 2. The predicted octanol–water partition coefficient (Wildman–Crippen LogP) is 4.12. The van der Waals surface area contributed by atoms with Crippen molar-refractivity contribution in [1.29, 1.82) is 0 Å². The van der Waals surface area contributed by atoms with E-state index in [1.54, 1.807) is 4.90 Å². The molecule has 2 N–H and O–H groups in total. The third-order valence-electron chi connectivity index (χ3n) is 4.28. The molecule has 1 heterocycles. The van der Waals surface area contributed by atoms with Gasteiger partial charge < -0.3 is 10.6 Å². The molecule has 0 saturated carbocycles. The van der Waals surface area contributed by atoms with Gasteiger partial charge in [-0.2, -0.15) is 0 Å². The second kappa shape index (κ2) is 6.83. The summed E-state index contributed by atoms with van der Waals surface area (Å²) < 4.78 is 0. The number of hydrogen-bond acceptors (Lipinski definition) is 2. The molecule has 0 aromatic heterocycles. The molecule has 5 heteroatoms. The topological polar surface area (TPSA) is 61.4 Å². The third-order valence-corrected chi connectivity index (χ3v) is 4.28. The summed E-state index contributed by atoms with van der Waals surface area (Å²) in [7, 11) is 0. The molecule has 1 aliphatic heterocycles. The summed E-state index contributed by atoms with van der Waals surface area (Å²) in [4.78, 5) is 27.0. The molecule has 26 heavy (non-hydrogen) atoms. The SMILES string of the molecule is Cc1cccc(NC(=O)N2CCc3c(C(=O)NC(C)(C)C)cccc32)c1. The van der Waals surface area contributed by atoms with Gasteiger partial charge in [0.1, 0.15) is 0 Å². The molecule has 0 atom stereocenters. The second-order valence-electron chi connectivity index (χ2n) is 7.71. The minimum atomic E-state index is -0.305. The second-order valence-corrected chi connectivity index (χ2v) is 7.71. The van der Waals surface area contributed by atoms with E-state index in [0.717, 1.165) is 22.5 Å². The molecule has 0 bridgehead atoms. The van der Waals surface area contributed by atoms with Gasteiger partial charge in [-0.1, -0.05) is 18.2 Å². The maximum atomic E-state index is 12.7. The zero-order valence-corrected chi connectivity index (χ0v) is 15.7. The molecule has 2 aromatic carbocycles. The number of amides is 3. The quantitative estimate of drug-likeness (QED) is 0.855. The summed E-state index contributed by atoms with van der Waals surface area (Å²) in [6, 6.07) is 13.1. The van der Waals surface area contributed by atoms with Gasteiger partial charge in [-0.3, -0.25) is 9.69 Å². The number of carbonyl (C=O) groups is 2. The van der Waals surface area contributed by atoms with Gasteiger partial charge in [0.25, 0.3) is 5.91 Å². The van der Waals surface area contributed by atoms with Gasteiger partial charge >= 0.3 is 6.03 Å². The molecule has 1 aliphatic rings. The van der Waals surface area contributed by atoms with Crippen molar-refractivity contribution in [3.63, 3.8) is 0 Å². The summed E-state index contributed by atoms with van der Waals surface area (Å²) in [6.07, 6.45) is 0.671. The Balaban J connectivity index is 1.82. The Hall–Kier alpha value is -2.82. The number of aryl methyl sites for hydroxylation is 1. The highest BCUT2D eigenvalue weighted by Gasteiger charge is 2.29. The third kappa shape index (κ3) is 3.87. The first kappa shape index (κ1) is 18.0. The van der Waals surface area contributed by atoms with Crippen LogP contribution < -0.4 is 15.5 Å². The first-order valence-corrected chi connectivity index (χ1v) is 8.84. The molecule has 0 unspecified atom stereocenters. The van der Waals surface area contributed by atoms with Crippen molar-refractivity contribution in [3.05, 3.63) is 59.2 Å². The van der Waals surface area contributed by atoms with Crippen molar-refractivity contribution in [2.75, 3.05) is 16.8 Å². The molecular weight excluding hydrogens is 326 g/mol. The average Bonchev–Trinajstić information content (AvgIpc) is 2.97. The number of hydrogen-bond donors (Lipinski definition) is 2. The standard InChI is InChI=1S/C21H25N3O2/c1-14-7-5-8-15(13-14)22-20(26)24-12-11-16-17(9-6-10-18(16)24)19(25)23-21(2,3)4/h5-10,13H,11-12H2,1-4H3,(H,22,26)(H,23,25). The maximum Gasteiger partial charge on any atom is 0.326 e. The van der Waals surface area contributed by atoms with E-state index in [9.17, 15) is 9.59 Å². The van der Waals surface area contributed by atoms with Crippen molar-refractivity contribution in [2.24, 2.45) is 0 Å². The van der Waals surface area contributed by atoms with Crippen LogP contribution in [0.5, 0.6) is 0 Å². The van der Waals surface area contributed by atoms with Gasteiger partial charge in [0.15, 0.2) is 0 Å². The first-order chi connectivity index (χ1) is 12.2. The van der Waals surface area contributed by atoms with Crippen LogP contribution in [0.25, 0.3) is 0 Å². The molecule has 3 amide bonds. The number of fused-ring (bicyclic) bond motifs is 1. The van der Waals surface area contributed by atoms with E-state index in [-0.39, 0.29) is 17.5 Å². The lowest BCUT2D eigenvalue weighted by Crippen LogP contribution is -2.40. The first-order valence-electron chi connectivity index (χ1n) is 8.84. The van der Waals surface area contributed by atoms with E-state index in [0.29, 0.717) is 18.5 Å². The molecular formula is C21H25N3O2. The van der Waals surface area contributed by atoms with Crippen LogP contribution in [0, 0.1) is 6.92 Å². The zero-order chi connectivity index (χ0) is 18.9. The Morgan fingerprint density at radius 3 is 2.50 bits per heavy atom. The highest BCUT2D eigenvalue weighted by Crippen LogP contribution is 2.31. The fourth-order valence-corrected chi connectivity index (χ4v) is 3.18. The summed E-state index contributed by atoms with van der Waals surface area (Å²) in [5, 5.41) is 5.94. The molecule has 0 spiro atoms. The summed E-state index contributed by atoms with van der Waals surface area (Å²) in [5.74, 6) is -0.102. The Morgan fingerprint density at radius 1 is 1.08 bits per heavy atom. The molecule has 0 fully saturated rings. The van der Waals surface area contributed by atoms with E-state index >= 15 is 0 Å². The molecule has 0 saturated heterocycles. The fourth-order valence-electron chi connectivity index (χ4n) is 3.18. The van der Waals surface area contributed by atoms with Crippen molar-refractivity contribution in [3.8, 4) is 0 Å². The van der Waals surface area contributed by atoms with Crippen LogP contribution in [0.2, 0.25) is 0 Å². The number of benzene rings is 2. The normalized spacial score (nSPS) is 13.3. The minimum absolute atomic E-state index is 0.102. The van der Waals surface area contributed by atoms with Crippen molar-refractivity contribution < 1.29 is 9.59 Å². The lowest BCUT2D eigenvalue weighted by atomic mass is 10.0. The van der Waals surface area contributed by atoms with E-state index in [4.69, 9.17) is 0 Å². The van der Waals surface area contributed by atoms with Gasteiger partial charge in [0, 0.05) is 29.0 Å². The van der Waals surface area contributed by atoms with Crippen LogP contribution in [0.3, 0.4) is 0 Å². The predicted molar refractivity (Wildman–Crippen MR) is 105 cm³/mol. The maximum absolute atomic E-state index is 12.7. The van der Waals surface area contributed by atoms with Crippen molar-refractivity contribution >= 4 is 23.3 Å². The Bertz CT molecular complexity index is 853.